The number of hydrogen-bond donors (Lipinski definition) is 0. The van der Waals surface area contributed by atoms with Gasteiger partial charge < -0.3 is 14.7 Å². The smallest absolute Gasteiger partial charge is 0.410 e. The van der Waals surface area contributed by atoms with Gasteiger partial charge in [-0.1, -0.05) is 49.0 Å². The largest absolute Gasteiger partial charge is 0.861 e. The second kappa shape index (κ2) is 10.8. The van der Waals surface area contributed by atoms with E-state index in [1.807, 2.05) is 35.3 Å². The number of hydrogen-bond acceptors (Lipinski definition) is 9. The maximum absolute atomic E-state index is 12.3. The van der Waals surface area contributed by atoms with E-state index in [-0.39, 0.29) is 29.6 Å². The molecule has 0 aliphatic carbocycles. The lowest BCUT2D eigenvalue weighted by molar-refractivity contribution is -0.759. The van der Waals surface area contributed by atoms with Crippen molar-refractivity contribution in [2.24, 2.45) is 10.9 Å². The number of amides is 1. The van der Waals surface area contributed by atoms with Crippen LogP contribution in [0.3, 0.4) is 0 Å². The van der Waals surface area contributed by atoms with Crippen LogP contribution in [0.2, 0.25) is 0 Å². The molecule has 0 radical (unpaired) electrons. The summed E-state index contributed by atoms with van der Waals surface area (Å²) in [5.74, 6) is -0.316. The van der Waals surface area contributed by atoms with Gasteiger partial charge in [0.2, 0.25) is 5.27 Å². The van der Waals surface area contributed by atoms with E-state index in [2.05, 4.69) is 10.3 Å². The molecule has 1 aliphatic heterocycles. The summed E-state index contributed by atoms with van der Waals surface area (Å²) in [6.07, 6.45) is 1.17. The van der Waals surface area contributed by atoms with Crippen LogP contribution in [-0.2, 0) is 16.1 Å². The van der Waals surface area contributed by atoms with Crippen LogP contribution in [0.25, 0.3) is 0 Å². The van der Waals surface area contributed by atoms with Crippen LogP contribution in [0.15, 0.2) is 46.0 Å². The number of rotatable bonds is 7. The highest BCUT2D eigenvalue weighted by Crippen LogP contribution is 2.13. The van der Waals surface area contributed by atoms with Gasteiger partial charge in [0.1, 0.15) is 6.61 Å². The maximum atomic E-state index is 12.3. The summed E-state index contributed by atoms with van der Waals surface area (Å²) >= 11 is 1.09. The summed E-state index contributed by atoms with van der Waals surface area (Å²) in [5, 5.41) is 17.9. The highest BCUT2D eigenvalue weighted by Gasteiger charge is 2.28. The molecule has 0 saturated carbocycles. The molecule has 10 nitrogen and oxygen atoms in total. The first kappa shape index (κ1) is 22.6. The van der Waals surface area contributed by atoms with Crippen LogP contribution in [0, 0.1) is 5.92 Å². The fourth-order valence-corrected chi connectivity index (χ4v) is 3.47. The topological polar surface area (TPSA) is 115 Å². The van der Waals surface area contributed by atoms with Crippen molar-refractivity contribution in [2.45, 2.75) is 20.5 Å². The zero-order chi connectivity index (χ0) is 22.2. The van der Waals surface area contributed by atoms with E-state index in [0.717, 1.165) is 17.3 Å². The minimum absolute atomic E-state index is 0.0414. The van der Waals surface area contributed by atoms with Crippen molar-refractivity contribution in [3.63, 3.8) is 0 Å². The lowest BCUT2D eigenvalue weighted by Gasteiger charge is -2.29. The van der Waals surface area contributed by atoms with Gasteiger partial charge in [-0.05, 0) is 17.4 Å². The van der Waals surface area contributed by atoms with Crippen molar-refractivity contribution in [3.8, 4) is 0 Å². The molecule has 1 aromatic carbocycles. The summed E-state index contributed by atoms with van der Waals surface area (Å²) in [6.45, 7) is 5.40. The Morgan fingerprint density at radius 3 is 2.68 bits per heavy atom. The number of piperazine rings is 1. The summed E-state index contributed by atoms with van der Waals surface area (Å²) in [7, 11) is 0. The summed E-state index contributed by atoms with van der Waals surface area (Å²) < 4.78 is 10.5. The Labute approximate surface area is 184 Å². The Balaban J connectivity index is 1.47. The number of benzene rings is 1. The molecule has 1 saturated heterocycles. The van der Waals surface area contributed by atoms with Crippen molar-refractivity contribution < 1.29 is 28.7 Å². The fraction of sp³-hybridized carbons (Fsp3) is 0.450. The van der Waals surface area contributed by atoms with E-state index >= 15 is 0 Å². The van der Waals surface area contributed by atoms with Gasteiger partial charge in [-0.3, -0.25) is 9.32 Å². The van der Waals surface area contributed by atoms with Gasteiger partial charge in [-0.15, -0.1) is 5.01 Å². The molecule has 2 aromatic rings. The van der Waals surface area contributed by atoms with Crippen LogP contribution in [-0.4, -0.2) is 59.2 Å². The Morgan fingerprint density at radius 1 is 1.29 bits per heavy atom. The number of nitrogens with zero attached hydrogens (tertiary/aromatic N) is 5. The molecule has 1 amide bonds. The Hall–Kier alpha value is -3.08. The van der Waals surface area contributed by atoms with E-state index in [0.29, 0.717) is 31.9 Å². The average Bonchev–Trinajstić information content (AvgIpc) is 3.25. The predicted molar refractivity (Wildman–Crippen MR) is 112 cm³/mol. The zero-order valence-corrected chi connectivity index (χ0v) is 18.3. The van der Waals surface area contributed by atoms with Crippen molar-refractivity contribution >= 4 is 34.8 Å². The van der Waals surface area contributed by atoms with Gasteiger partial charge in [-0.2, -0.15) is 0 Å². The quantitative estimate of drug-likeness (QED) is 0.349. The lowest BCUT2D eigenvalue weighted by Crippen LogP contribution is -2.65. The molecule has 0 unspecified atom stereocenters. The Bertz CT molecular complexity index is 912. The zero-order valence-electron chi connectivity index (χ0n) is 17.5. The summed E-state index contributed by atoms with van der Waals surface area (Å²) in [6, 6.07) is 9.52. The van der Waals surface area contributed by atoms with E-state index in [1.165, 1.54) is 17.9 Å². The second-order valence-electron chi connectivity index (χ2n) is 7.10. The number of ether oxygens (including phenoxy) is 1. The summed E-state index contributed by atoms with van der Waals surface area (Å²) in [4.78, 5) is 30.3. The van der Waals surface area contributed by atoms with E-state index in [9.17, 15) is 14.7 Å². The molecule has 166 valence electrons. The van der Waals surface area contributed by atoms with E-state index in [4.69, 9.17) is 9.26 Å². The summed E-state index contributed by atoms with van der Waals surface area (Å²) in [5.41, 5.74) is 0.938. The molecule has 31 heavy (non-hydrogen) atoms. The molecular weight excluding hydrogens is 422 g/mol. The first-order valence-electron chi connectivity index (χ1n) is 9.91. The van der Waals surface area contributed by atoms with Crippen LogP contribution in [0.5, 0.6) is 0 Å². The van der Waals surface area contributed by atoms with Gasteiger partial charge in [0.05, 0.1) is 17.9 Å². The second-order valence-corrected chi connectivity index (χ2v) is 8.29. The van der Waals surface area contributed by atoms with E-state index < -0.39 is 5.92 Å². The first-order chi connectivity index (χ1) is 14.9. The lowest BCUT2D eigenvalue weighted by atomic mass is 10.2. The average molecular weight is 448 g/mol. The maximum Gasteiger partial charge on any atom is 0.410 e. The van der Waals surface area contributed by atoms with Crippen molar-refractivity contribution in [1.82, 2.24) is 10.2 Å². The van der Waals surface area contributed by atoms with Crippen LogP contribution in [0.4, 0.5) is 10.7 Å². The van der Waals surface area contributed by atoms with Crippen molar-refractivity contribution in [3.05, 3.63) is 42.1 Å². The molecule has 1 atom stereocenters. The molecule has 11 heteroatoms. The van der Waals surface area contributed by atoms with Gasteiger partial charge in [0.25, 0.3) is 6.20 Å². The van der Waals surface area contributed by atoms with Gasteiger partial charge in [0.15, 0.2) is 5.12 Å². The standard InChI is InChI=1S/C20H25N5O5S/c1-15(14-31-16(2)26)19(27)21-18-12-25(22-30-18)24-10-8-23(9-11-24)20(28)29-13-17-6-4-3-5-7-17/h3-7,12,15H,8-11,13-14H2,1-2H3/t15-/m1/s1. The number of thioether (sulfide) groups is 1. The molecule has 0 spiro atoms. The highest BCUT2D eigenvalue weighted by atomic mass is 32.2. The van der Waals surface area contributed by atoms with Gasteiger partial charge >= 0.3 is 12.0 Å². The van der Waals surface area contributed by atoms with E-state index in [1.54, 1.807) is 11.8 Å². The van der Waals surface area contributed by atoms with Crippen molar-refractivity contribution in [2.75, 3.05) is 36.9 Å². The third kappa shape index (κ3) is 6.71. The molecule has 0 bridgehead atoms. The molecule has 2 heterocycles. The molecule has 1 aliphatic rings. The number of aromatic nitrogens is 2. The minimum Gasteiger partial charge on any atom is -0.861 e. The van der Waals surface area contributed by atoms with Crippen LogP contribution < -0.4 is 14.9 Å². The highest BCUT2D eigenvalue weighted by molar-refractivity contribution is 8.13. The monoisotopic (exact) mass is 447 g/mol. The minimum atomic E-state index is -0.405. The van der Waals surface area contributed by atoms with Crippen LogP contribution >= 0.6 is 11.8 Å². The number of carbonyl (C=O) groups excluding carboxylic acids is 2. The van der Waals surface area contributed by atoms with Gasteiger partial charge in [0, 0.05) is 25.8 Å². The van der Waals surface area contributed by atoms with Gasteiger partial charge in [-0.25, -0.2) is 9.79 Å². The first-order valence-corrected chi connectivity index (χ1v) is 10.9. The molecule has 1 aromatic heterocycles. The molecule has 3 rings (SSSR count). The predicted octanol–water partition coefficient (Wildman–Crippen LogP) is 0.859. The molecule has 1 fully saturated rings. The molecular formula is C20H25N5O5S. The third-order valence-corrected chi connectivity index (χ3v) is 5.70. The third-order valence-electron chi connectivity index (χ3n) is 4.63. The van der Waals surface area contributed by atoms with Crippen LogP contribution in [0.1, 0.15) is 19.4 Å². The SMILES string of the molecule is CC(=O)SC[C@@H](C)C([O-])=Nc1c[n+](N2CCN(C(=O)OCc3ccccc3)CC2)no1. The molecule has 0 N–H and O–H groups in total. The number of aliphatic imine (C=N–C) groups is 1. The Kier molecular flexibility index (Phi) is 7.88. The number of carbonyl (C=O) groups is 2. The van der Waals surface area contributed by atoms with Crippen molar-refractivity contribution in [1.29, 1.82) is 0 Å². The normalized spacial score (nSPS) is 15.6. The fourth-order valence-electron chi connectivity index (χ4n) is 2.84. The Morgan fingerprint density at radius 2 is 2.00 bits per heavy atom.